The van der Waals surface area contributed by atoms with Crippen molar-refractivity contribution >= 4 is 23.1 Å². The van der Waals surface area contributed by atoms with Gasteiger partial charge in [-0.15, -0.1) is 0 Å². The highest BCUT2D eigenvalue weighted by Gasteiger charge is 2.14. The van der Waals surface area contributed by atoms with Crippen molar-refractivity contribution in [2.45, 2.75) is 16.7 Å². The molecule has 2 heteroatoms. The first-order valence-corrected chi connectivity index (χ1v) is 5.79. The average molecular weight is 213 g/mol. The van der Waals surface area contributed by atoms with Crippen molar-refractivity contribution in [1.29, 1.82) is 0 Å². The molecule has 0 unspecified atom stereocenters. The van der Waals surface area contributed by atoms with E-state index in [1.807, 2.05) is 11.8 Å². The molecule has 1 nitrogen and oxygen atoms in total. The lowest BCUT2D eigenvalue weighted by atomic mass is 10.2. The third kappa shape index (κ3) is 1.51. The number of benzene rings is 2. The molecule has 0 aromatic heterocycles. The topological polar surface area (TPSA) is 12.0 Å². The van der Waals surface area contributed by atoms with Crippen molar-refractivity contribution in [3.05, 3.63) is 48.0 Å². The second kappa shape index (κ2) is 3.31. The first kappa shape index (κ1) is 8.86. The molecule has 0 saturated carbocycles. The van der Waals surface area contributed by atoms with Crippen LogP contribution in [0.25, 0.3) is 0 Å². The van der Waals surface area contributed by atoms with Crippen LogP contribution in [0, 0.1) is 6.92 Å². The highest BCUT2D eigenvalue weighted by Crippen LogP contribution is 2.43. The fourth-order valence-corrected chi connectivity index (χ4v) is 2.72. The lowest BCUT2D eigenvalue weighted by molar-refractivity contribution is 1.29. The minimum absolute atomic E-state index is 1.21. The first-order chi connectivity index (χ1) is 7.33. The van der Waals surface area contributed by atoms with Crippen LogP contribution in [0.15, 0.2) is 52.3 Å². The molecule has 1 N–H and O–H groups in total. The number of rotatable bonds is 0. The Labute approximate surface area is 93.5 Å². The van der Waals surface area contributed by atoms with E-state index in [0.717, 1.165) is 0 Å². The molecule has 1 aliphatic rings. The molecule has 1 aliphatic heterocycles. The highest BCUT2D eigenvalue weighted by atomic mass is 32.2. The van der Waals surface area contributed by atoms with Gasteiger partial charge >= 0.3 is 0 Å². The lowest BCUT2D eigenvalue weighted by Crippen LogP contribution is -1.99. The van der Waals surface area contributed by atoms with Crippen LogP contribution >= 0.6 is 11.8 Å². The number of fused-ring (bicyclic) bond motifs is 2. The van der Waals surface area contributed by atoms with Crippen molar-refractivity contribution in [3.8, 4) is 0 Å². The minimum Gasteiger partial charge on any atom is -0.354 e. The summed E-state index contributed by atoms with van der Waals surface area (Å²) >= 11 is 1.83. The fraction of sp³-hybridized carbons (Fsp3) is 0.0769. The minimum atomic E-state index is 1.21. The Balaban J connectivity index is 2.11. The monoisotopic (exact) mass is 213 g/mol. The molecular formula is C13H11NS. The third-order valence-corrected chi connectivity index (χ3v) is 3.66. The summed E-state index contributed by atoms with van der Waals surface area (Å²) in [5, 5.41) is 3.46. The summed E-state index contributed by atoms with van der Waals surface area (Å²) in [5.41, 5.74) is 3.72. The van der Waals surface area contributed by atoms with E-state index in [4.69, 9.17) is 0 Å². The van der Waals surface area contributed by atoms with Gasteiger partial charge in [0, 0.05) is 9.79 Å². The van der Waals surface area contributed by atoms with Crippen molar-refractivity contribution in [2.75, 3.05) is 5.32 Å². The molecular weight excluding hydrogens is 202 g/mol. The predicted octanol–water partition coefficient (Wildman–Crippen LogP) is 4.20. The molecule has 2 aromatic rings. The number of hydrogen-bond acceptors (Lipinski definition) is 2. The van der Waals surface area contributed by atoms with Crippen molar-refractivity contribution in [2.24, 2.45) is 0 Å². The number of aryl methyl sites for hydroxylation is 1. The van der Waals surface area contributed by atoms with Gasteiger partial charge in [0.15, 0.2) is 0 Å². The van der Waals surface area contributed by atoms with Crippen LogP contribution < -0.4 is 5.32 Å². The van der Waals surface area contributed by atoms with Gasteiger partial charge in [0.25, 0.3) is 0 Å². The Morgan fingerprint density at radius 3 is 2.67 bits per heavy atom. The molecule has 0 saturated heterocycles. The maximum Gasteiger partial charge on any atom is 0.0529 e. The molecule has 0 radical (unpaired) electrons. The van der Waals surface area contributed by atoms with Gasteiger partial charge in [-0.2, -0.15) is 0 Å². The molecule has 15 heavy (non-hydrogen) atoms. The zero-order chi connectivity index (χ0) is 10.3. The van der Waals surface area contributed by atoms with E-state index in [2.05, 4.69) is 54.7 Å². The Hall–Kier alpha value is -1.41. The van der Waals surface area contributed by atoms with Gasteiger partial charge in [-0.3, -0.25) is 0 Å². The van der Waals surface area contributed by atoms with E-state index in [1.54, 1.807) is 0 Å². The first-order valence-electron chi connectivity index (χ1n) is 4.97. The van der Waals surface area contributed by atoms with Crippen LogP contribution in [-0.2, 0) is 0 Å². The zero-order valence-electron chi connectivity index (χ0n) is 8.45. The Bertz CT molecular complexity index is 520. The van der Waals surface area contributed by atoms with Crippen molar-refractivity contribution < 1.29 is 0 Å². The van der Waals surface area contributed by atoms with E-state index < -0.39 is 0 Å². The summed E-state index contributed by atoms with van der Waals surface area (Å²) in [4.78, 5) is 2.60. The number of hydrogen-bond donors (Lipinski definition) is 1. The van der Waals surface area contributed by atoms with Crippen LogP contribution in [-0.4, -0.2) is 0 Å². The molecule has 2 aromatic carbocycles. The van der Waals surface area contributed by atoms with E-state index in [1.165, 1.54) is 26.7 Å². The van der Waals surface area contributed by atoms with Crippen molar-refractivity contribution in [3.63, 3.8) is 0 Å². The molecule has 0 bridgehead atoms. The molecule has 0 atom stereocenters. The van der Waals surface area contributed by atoms with Gasteiger partial charge < -0.3 is 5.32 Å². The van der Waals surface area contributed by atoms with Crippen LogP contribution in [0.5, 0.6) is 0 Å². The van der Waals surface area contributed by atoms with Crippen LogP contribution in [0.4, 0.5) is 11.4 Å². The Kier molecular flexibility index (Phi) is 1.96. The van der Waals surface area contributed by atoms with Gasteiger partial charge in [0.1, 0.15) is 0 Å². The molecule has 0 fully saturated rings. The van der Waals surface area contributed by atoms with Gasteiger partial charge in [-0.05, 0) is 36.8 Å². The third-order valence-electron chi connectivity index (χ3n) is 2.51. The summed E-state index contributed by atoms with van der Waals surface area (Å²) in [6.45, 7) is 2.12. The fourth-order valence-electron chi connectivity index (χ4n) is 1.75. The quantitative estimate of drug-likeness (QED) is 0.600. The molecule has 3 rings (SSSR count). The lowest BCUT2D eigenvalue weighted by Gasteiger charge is -2.20. The Morgan fingerprint density at radius 1 is 0.933 bits per heavy atom. The second-order valence-electron chi connectivity index (χ2n) is 3.72. The Morgan fingerprint density at radius 2 is 1.73 bits per heavy atom. The number of anilines is 2. The van der Waals surface area contributed by atoms with Crippen molar-refractivity contribution in [1.82, 2.24) is 0 Å². The summed E-state index contributed by atoms with van der Waals surface area (Å²) in [7, 11) is 0. The SMILES string of the molecule is Cc1ccc2c(c1)Nc1ccccc1S2. The zero-order valence-corrected chi connectivity index (χ0v) is 9.27. The maximum absolute atomic E-state index is 3.46. The molecule has 1 heterocycles. The summed E-state index contributed by atoms with van der Waals surface area (Å²) in [5.74, 6) is 0. The maximum atomic E-state index is 3.46. The van der Waals surface area contributed by atoms with Crippen LogP contribution in [0.2, 0.25) is 0 Å². The van der Waals surface area contributed by atoms with E-state index >= 15 is 0 Å². The molecule has 74 valence electrons. The van der Waals surface area contributed by atoms with E-state index in [-0.39, 0.29) is 0 Å². The van der Waals surface area contributed by atoms with Gasteiger partial charge in [-0.25, -0.2) is 0 Å². The normalized spacial score (nSPS) is 12.6. The van der Waals surface area contributed by atoms with E-state index in [0.29, 0.717) is 0 Å². The average Bonchev–Trinajstić information content (AvgIpc) is 2.26. The smallest absolute Gasteiger partial charge is 0.0529 e. The molecule has 0 aliphatic carbocycles. The summed E-state index contributed by atoms with van der Waals surface area (Å²) in [6, 6.07) is 14.9. The number of para-hydroxylation sites is 1. The molecule has 0 spiro atoms. The summed E-state index contributed by atoms with van der Waals surface area (Å²) in [6.07, 6.45) is 0. The van der Waals surface area contributed by atoms with E-state index in [9.17, 15) is 0 Å². The van der Waals surface area contributed by atoms with Gasteiger partial charge in [0.05, 0.1) is 11.4 Å². The van der Waals surface area contributed by atoms with Crippen LogP contribution in [0.1, 0.15) is 5.56 Å². The predicted molar refractivity (Wildman–Crippen MR) is 65.0 cm³/mol. The van der Waals surface area contributed by atoms with Gasteiger partial charge in [0.2, 0.25) is 0 Å². The summed E-state index contributed by atoms with van der Waals surface area (Å²) < 4.78 is 0. The van der Waals surface area contributed by atoms with Crippen LogP contribution in [0.3, 0.4) is 0 Å². The van der Waals surface area contributed by atoms with Gasteiger partial charge in [-0.1, -0.05) is 30.0 Å². The largest absolute Gasteiger partial charge is 0.354 e. The molecule has 0 amide bonds. The highest BCUT2D eigenvalue weighted by molar-refractivity contribution is 7.99. The standard InChI is InChI=1S/C13H11NS/c1-9-6-7-13-11(8-9)14-10-4-2-3-5-12(10)15-13/h2-8,14H,1H3. The second-order valence-corrected chi connectivity index (χ2v) is 4.81. The number of nitrogens with one attached hydrogen (secondary N) is 1.